The lowest BCUT2D eigenvalue weighted by atomic mass is 10.1. The fourth-order valence-corrected chi connectivity index (χ4v) is 1.79. The van der Waals surface area contributed by atoms with Crippen LogP contribution in [0.2, 0.25) is 5.02 Å². The number of benzene rings is 1. The zero-order valence-electron chi connectivity index (χ0n) is 9.58. The van der Waals surface area contributed by atoms with E-state index in [9.17, 15) is 0 Å². The van der Waals surface area contributed by atoms with E-state index >= 15 is 0 Å². The Kier molecular flexibility index (Phi) is 5.98. The van der Waals surface area contributed by atoms with Crippen LogP contribution in [-0.2, 0) is 4.74 Å². The molecule has 88 valence electrons. The second-order valence-corrected chi connectivity index (χ2v) is 4.00. The quantitative estimate of drug-likeness (QED) is 0.581. The minimum Gasteiger partial charge on any atom is -0.502 e. The van der Waals surface area contributed by atoms with Crippen molar-refractivity contribution in [1.82, 2.24) is 5.32 Å². The maximum atomic E-state index is 6.10. The van der Waals surface area contributed by atoms with Gasteiger partial charge in [-0.2, -0.15) is 0 Å². The molecule has 0 fully saturated rings. The molecule has 0 heterocycles. The minimum absolute atomic E-state index is 0.262. The number of rotatable bonds is 7. The van der Waals surface area contributed by atoms with Crippen molar-refractivity contribution in [3.63, 3.8) is 0 Å². The van der Waals surface area contributed by atoms with E-state index in [1.807, 2.05) is 24.3 Å². The van der Waals surface area contributed by atoms with Crippen LogP contribution in [0.3, 0.4) is 0 Å². The first-order valence-corrected chi connectivity index (χ1v) is 5.84. The molecule has 1 aromatic carbocycles. The van der Waals surface area contributed by atoms with Crippen molar-refractivity contribution in [2.24, 2.45) is 0 Å². The molecule has 3 heteroatoms. The van der Waals surface area contributed by atoms with Crippen LogP contribution in [0.15, 0.2) is 37.1 Å². The third kappa shape index (κ3) is 4.25. The van der Waals surface area contributed by atoms with Crippen LogP contribution in [-0.4, -0.2) is 13.2 Å². The lowest BCUT2D eigenvalue weighted by Gasteiger charge is -2.15. The first kappa shape index (κ1) is 13.1. The molecule has 1 N–H and O–H groups in total. The summed E-state index contributed by atoms with van der Waals surface area (Å²) >= 11 is 6.10. The van der Waals surface area contributed by atoms with E-state index in [0.717, 1.165) is 23.6 Å². The van der Waals surface area contributed by atoms with Crippen LogP contribution in [0.25, 0.3) is 0 Å². The third-order valence-electron chi connectivity index (χ3n) is 2.38. The predicted octanol–water partition coefficient (Wildman–Crippen LogP) is 3.54. The van der Waals surface area contributed by atoms with Gasteiger partial charge in [-0.3, -0.25) is 0 Å². The van der Waals surface area contributed by atoms with Crippen molar-refractivity contribution in [1.29, 1.82) is 0 Å². The third-order valence-corrected chi connectivity index (χ3v) is 2.72. The van der Waals surface area contributed by atoms with E-state index in [4.69, 9.17) is 16.3 Å². The zero-order valence-corrected chi connectivity index (χ0v) is 10.3. The smallest absolute Gasteiger partial charge is 0.0885 e. The van der Waals surface area contributed by atoms with Crippen LogP contribution in [0.4, 0.5) is 0 Å². The lowest BCUT2D eigenvalue weighted by Crippen LogP contribution is -2.21. The van der Waals surface area contributed by atoms with Crippen molar-refractivity contribution >= 4 is 11.6 Å². The molecule has 0 spiro atoms. The largest absolute Gasteiger partial charge is 0.502 e. The normalized spacial score (nSPS) is 12.1. The molecule has 1 aromatic rings. The van der Waals surface area contributed by atoms with E-state index in [2.05, 4.69) is 18.8 Å². The molecule has 0 bridgehead atoms. The molecule has 2 nitrogen and oxygen atoms in total. The van der Waals surface area contributed by atoms with Gasteiger partial charge in [0.15, 0.2) is 0 Å². The molecule has 1 atom stereocenters. The van der Waals surface area contributed by atoms with Gasteiger partial charge in [0.25, 0.3) is 0 Å². The number of hydrogen-bond donors (Lipinski definition) is 1. The summed E-state index contributed by atoms with van der Waals surface area (Å²) in [5.74, 6) is 0. The van der Waals surface area contributed by atoms with Crippen molar-refractivity contribution in [2.45, 2.75) is 19.4 Å². The average molecular weight is 240 g/mol. The Morgan fingerprint density at radius 1 is 1.50 bits per heavy atom. The Hall–Kier alpha value is -0.990. The highest BCUT2D eigenvalue weighted by Gasteiger charge is 2.07. The van der Waals surface area contributed by atoms with Crippen LogP contribution in [0, 0.1) is 0 Å². The van der Waals surface area contributed by atoms with Gasteiger partial charge in [0.1, 0.15) is 0 Å². The number of nitrogens with one attached hydrogen (secondary N) is 1. The van der Waals surface area contributed by atoms with Gasteiger partial charge in [0, 0.05) is 11.1 Å². The number of halogens is 1. The molecule has 0 radical (unpaired) electrons. The second kappa shape index (κ2) is 7.31. The average Bonchev–Trinajstić information content (AvgIpc) is 2.29. The summed E-state index contributed by atoms with van der Waals surface area (Å²) in [7, 11) is 0. The summed E-state index contributed by atoms with van der Waals surface area (Å²) in [6.07, 6.45) is 2.43. The van der Waals surface area contributed by atoms with Gasteiger partial charge in [0.05, 0.1) is 12.9 Å². The first-order chi connectivity index (χ1) is 7.75. The van der Waals surface area contributed by atoms with Gasteiger partial charge < -0.3 is 10.1 Å². The highest BCUT2D eigenvalue weighted by atomic mass is 35.5. The van der Waals surface area contributed by atoms with E-state index in [1.165, 1.54) is 6.26 Å². The molecule has 0 saturated carbocycles. The summed E-state index contributed by atoms with van der Waals surface area (Å²) in [6.45, 7) is 7.20. The maximum absolute atomic E-state index is 6.10. The summed E-state index contributed by atoms with van der Waals surface area (Å²) in [4.78, 5) is 0. The van der Waals surface area contributed by atoms with Crippen LogP contribution in [0.5, 0.6) is 0 Å². The Morgan fingerprint density at radius 2 is 2.25 bits per heavy atom. The van der Waals surface area contributed by atoms with Crippen LogP contribution in [0.1, 0.15) is 24.9 Å². The van der Waals surface area contributed by atoms with E-state index in [1.54, 1.807) is 0 Å². The SMILES string of the molecule is C=COCCCNC(C)c1ccccc1Cl. The van der Waals surface area contributed by atoms with Crippen molar-refractivity contribution < 1.29 is 4.74 Å². The summed E-state index contributed by atoms with van der Waals surface area (Å²) < 4.78 is 5.04. The highest BCUT2D eigenvalue weighted by Crippen LogP contribution is 2.21. The molecule has 0 aliphatic rings. The summed E-state index contributed by atoms with van der Waals surface area (Å²) in [6, 6.07) is 8.16. The summed E-state index contributed by atoms with van der Waals surface area (Å²) in [5.41, 5.74) is 1.13. The predicted molar refractivity (Wildman–Crippen MR) is 68.6 cm³/mol. The maximum Gasteiger partial charge on any atom is 0.0885 e. The Balaban J connectivity index is 2.32. The first-order valence-electron chi connectivity index (χ1n) is 5.46. The topological polar surface area (TPSA) is 21.3 Å². The van der Waals surface area contributed by atoms with Crippen molar-refractivity contribution in [3.8, 4) is 0 Å². The van der Waals surface area contributed by atoms with Gasteiger partial charge in [-0.05, 0) is 31.5 Å². The molecular weight excluding hydrogens is 222 g/mol. The van der Waals surface area contributed by atoms with E-state index in [-0.39, 0.29) is 6.04 Å². The molecule has 0 amide bonds. The Labute approximate surface area is 102 Å². The molecule has 1 rings (SSSR count). The molecule has 1 unspecified atom stereocenters. The van der Waals surface area contributed by atoms with E-state index in [0.29, 0.717) is 6.61 Å². The molecule has 0 aromatic heterocycles. The van der Waals surface area contributed by atoms with Crippen molar-refractivity contribution in [2.75, 3.05) is 13.2 Å². The minimum atomic E-state index is 0.262. The van der Waals surface area contributed by atoms with Gasteiger partial charge in [-0.1, -0.05) is 36.4 Å². The Bertz CT molecular complexity index is 327. The molecule has 0 aliphatic heterocycles. The second-order valence-electron chi connectivity index (χ2n) is 3.59. The van der Waals surface area contributed by atoms with Crippen molar-refractivity contribution in [3.05, 3.63) is 47.7 Å². The molecule has 0 aliphatic carbocycles. The standard InChI is InChI=1S/C13H18ClNO/c1-3-16-10-6-9-15-11(2)12-7-4-5-8-13(12)14/h3-5,7-8,11,15H,1,6,9-10H2,2H3. The van der Waals surface area contributed by atoms with E-state index < -0.39 is 0 Å². The van der Waals surface area contributed by atoms with Gasteiger partial charge in [0.2, 0.25) is 0 Å². The van der Waals surface area contributed by atoms with Gasteiger partial charge >= 0.3 is 0 Å². The Morgan fingerprint density at radius 3 is 2.94 bits per heavy atom. The fourth-order valence-electron chi connectivity index (χ4n) is 1.49. The molecular formula is C13H18ClNO. The summed E-state index contributed by atoms with van der Waals surface area (Å²) in [5, 5.41) is 4.21. The van der Waals surface area contributed by atoms with Crippen LogP contribution >= 0.6 is 11.6 Å². The number of ether oxygens (including phenoxy) is 1. The fraction of sp³-hybridized carbons (Fsp3) is 0.385. The molecule has 16 heavy (non-hydrogen) atoms. The van der Waals surface area contributed by atoms with Crippen LogP contribution < -0.4 is 5.32 Å². The van der Waals surface area contributed by atoms with Gasteiger partial charge in [-0.15, -0.1) is 0 Å². The van der Waals surface area contributed by atoms with Gasteiger partial charge in [-0.25, -0.2) is 0 Å². The lowest BCUT2D eigenvalue weighted by molar-refractivity contribution is 0.243. The molecule has 0 saturated heterocycles. The monoisotopic (exact) mass is 239 g/mol. The zero-order chi connectivity index (χ0) is 11.8. The highest BCUT2D eigenvalue weighted by molar-refractivity contribution is 6.31. The number of hydrogen-bond acceptors (Lipinski definition) is 2.